The molecule has 0 N–H and O–H groups in total. The summed E-state index contributed by atoms with van der Waals surface area (Å²) in [4.78, 5) is 19.2. The lowest BCUT2D eigenvalue weighted by Gasteiger charge is -2.30. The van der Waals surface area contributed by atoms with E-state index in [0.717, 1.165) is 125 Å². The van der Waals surface area contributed by atoms with Crippen molar-refractivity contribution in [3.63, 3.8) is 0 Å². The largest absolute Gasteiger partial charge is 0.315 e. The van der Waals surface area contributed by atoms with Crippen molar-refractivity contribution >= 4 is 102 Å². The van der Waals surface area contributed by atoms with Gasteiger partial charge in [-0.3, -0.25) is 0 Å². The van der Waals surface area contributed by atoms with E-state index in [2.05, 4.69) is 408 Å². The fraction of sp³-hybridized carbons (Fsp3) is 0.0215. The Labute approximate surface area is 589 Å². The molecule has 0 atom stereocenters. The van der Waals surface area contributed by atoms with Crippen LogP contribution in [-0.4, -0.2) is 5.71 Å². The molecule has 7 nitrogen and oxygen atoms in total. The van der Waals surface area contributed by atoms with E-state index in [1.807, 2.05) is 42.5 Å². The minimum atomic E-state index is 0.841. The summed E-state index contributed by atoms with van der Waals surface area (Å²) < 4.78 is 0. The van der Waals surface area contributed by atoms with Gasteiger partial charge in [0.15, 0.2) is 0 Å². The first-order valence-electron chi connectivity index (χ1n) is 33.7. The number of nitrogens with zero attached hydrogens (tertiary/aromatic N) is 7. The van der Waals surface area contributed by atoms with Gasteiger partial charge in [-0.1, -0.05) is 201 Å². The van der Waals surface area contributed by atoms with E-state index >= 15 is 0 Å². The Hall–Kier alpha value is -13.2. The van der Waals surface area contributed by atoms with Crippen LogP contribution in [0.3, 0.4) is 0 Å². The number of hydrogen-bond acceptors (Lipinski definition) is 7. The van der Waals surface area contributed by atoms with Crippen molar-refractivity contribution < 1.29 is 0 Å². The van der Waals surface area contributed by atoms with E-state index in [4.69, 9.17) is 4.99 Å². The third-order valence-corrected chi connectivity index (χ3v) is 17.2. The van der Waals surface area contributed by atoms with Gasteiger partial charge in [0.1, 0.15) is 0 Å². The van der Waals surface area contributed by atoms with Gasteiger partial charge in [-0.2, -0.15) is 0 Å². The molecular weight excluding hydrogens is 1220 g/mol. The Kier molecular flexibility index (Phi) is 20.9. The Morgan fingerprint density at radius 1 is 0.230 bits per heavy atom. The van der Waals surface area contributed by atoms with Crippen LogP contribution in [0.1, 0.15) is 25.0 Å². The Morgan fingerprint density at radius 2 is 0.420 bits per heavy atom. The highest BCUT2D eigenvalue weighted by Gasteiger charge is 2.22. The van der Waals surface area contributed by atoms with E-state index in [1.54, 1.807) is 12.2 Å². The van der Waals surface area contributed by atoms with Gasteiger partial charge in [0.25, 0.3) is 0 Å². The summed E-state index contributed by atoms with van der Waals surface area (Å²) in [6, 6.07) is 126. The zero-order valence-corrected chi connectivity index (χ0v) is 56.2. The second-order valence-electron chi connectivity index (χ2n) is 23.8. The predicted molar refractivity (Wildman–Crippen MR) is 427 cm³/mol. The van der Waals surface area contributed by atoms with E-state index < -0.39 is 0 Å². The molecule has 0 aromatic heterocycles. The highest BCUT2D eigenvalue weighted by molar-refractivity contribution is 6.14. The molecule has 13 rings (SSSR count). The van der Waals surface area contributed by atoms with Crippen molar-refractivity contribution in [3.05, 3.63) is 442 Å². The topological polar surface area (TPSA) is 31.8 Å². The molecule has 0 aliphatic carbocycles. The predicted octanol–water partition coefficient (Wildman–Crippen LogP) is 26.3. The van der Waals surface area contributed by atoms with Gasteiger partial charge in [-0.15, -0.1) is 0 Å². The Balaban J connectivity index is 0.887. The molecule has 0 saturated heterocycles. The molecule has 0 bridgehead atoms. The van der Waals surface area contributed by atoms with Gasteiger partial charge in [-0.05, 0) is 232 Å². The number of allylic oxidation sites excluding steroid dienone is 10. The molecule has 484 valence electrons. The average Bonchev–Trinajstić information content (AvgIpc) is 0.789. The smallest absolute Gasteiger partial charge is 0.0781 e. The summed E-state index contributed by atoms with van der Waals surface area (Å²) >= 11 is 0. The van der Waals surface area contributed by atoms with Crippen molar-refractivity contribution in [2.24, 2.45) is 4.99 Å². The van der Waals surface area contributed by atoms with Crippen LogP contribution in [0.15, 0.2) is 436 Å². The quantitative estimate of drug-likeness (QED) is 0.0419. The van der Waals surface area contributed by atoms with Gasteiger partial charge in [0, 0.05) is 114 Å². The molecule has 0 unspecified atom stereocenters. The van der Waals surface area contributed by atoms with Crippen LogP contribution >= 0.6 is 0 Å². The number of benzene rings is 13. The lowest BCUT2D eigenvalue weighted by atomic mass is 10.0. The molecular formula is C93H77N7. The van der Waals surface area contributed by atoms with Crippen molar-refractivity contribution in [1.29, 1.82) is 0 Å². The molecule has 100 heavy (non-hydrogen) atoms. The highest BCUT2D eigenvalue weighted by Crippen LogP contribution is 2.44. The maximum Gasteiger partial charge on any atom is 0.0781 e. The van der Waals surface area contributed by atoms with Gasteiger partial charge >= 0.3 is 0 Å². The zero-order valence-electron chi connectivity index (χ0n) is 56.2. The van der Waals surface area contributed by atoms with Gasteiger partial charge in [0.05, 0.1) is 11.4 Å². The summed E-state index contributed by atoms with van der Waals surface area (Å²) in [5.41, 5.74) is 22.3. The molecule has 0 amide bonds. The molecule has 0 aliphatic heterocycles. The number of aliphatic imine (C=N–C) groups is 1. The molecule has 0 radical (unpaired) electrons. The maximum atomic E-state index is 5.45. The van der Waals surface area contributed by atoms with E-state index in [0.29, 0.717) is 0 Å². The van der Waals surface area contributed by atoms with Gasteiger partial charge in [-0.25, -0.2) is 4.99 Å². The molecule has 0 heterocycles. The second-order valence-corrected chi connectivity index (χ2v) is 23.8. The first kappa shape index (κ1) is 65.4. The van der Waals surface area contributed by atoms with Crippen molar-refractivity contribution in [2.45, 2.75) is 13.8 Å². The van der Waals surface area contributed by atoms with Crippen molar-refractivity contribution in [1.82, 2.24) is 0 Å². The first-order chi connectivity index (χ1) is 49.4. The number of rotatable bonds is 25. The number of anilines is 16. The van der Waals surface area contributed by atoms with Crippen LogP contribution in [0.2, 0.25) is 0 Å². The van der Waals surface area contributed by atoms with Crippen LogP contribution in [0.5, 0.6) is 0 Å². The van der Waals surface area contributed by atoms with Crippen LogP contribution < -0.4 is 29.4 Å². The lowest BCUT2D eigenvalue weighted by molar-refractivity contribution is 1.15. The molecule has 0 saturated carbocycles. The third-order valence-electron chi connectivity index (χ3n) is 17.2. The number of para-hydroxylation sites is 7. The Bertz CT molecular complexity index is 4600. The van der Waals surface area contributed by atoms with Crippen molar-refractivity contribution in [3.8, 4) is 0 Å². The van der Waals surface area contributed by atoms with Crippen LogP contribution in [0, 0.1) is 0 Å². The fourth-order valence-electron chi connectivity index (χ4n) is 12.5. The van der Waals surface area contributed by atoms with Crippen molar-refractivity contribution in [2.75, 3.05) is 29.4 Å². The van der Waals surface area contributed by atoms with E-state index in [1.165, 1.54) is 0 Å². The summed E-state index contributed by atoms with van der Waals surface area (Å²) in [6.07, 6.45) is 15.8. The monoisotopic (exact) mass is 1290 g/mol. The summed E-state index contributed by atoms with van der Waals surface area (Å²) in [5, 5.41) is 0. The SMILES string of the molecule is C=C/C=C\C=C(/C)N(c1ccccc1)c1ccc(N(c2ccc(C(=Nc3ccccc3)c3ccc(N(c4ccc(N(c5ccccc5)c5ccccc5)cc4)c4ccc(N(c5ccccc5)c5ccccc5)cc4)cc3)cc2)c2ccc(N(/C(C)=C/C=C\C=C)c3ccccc3)cc2)cc1. The van der Waals surface area contributed by atoms with Gasteiger partial charge < -0.3 is 29.4 Å². The molecule has 0 spiro atoms. The minimum absolute atomic E-state index is 0.841. The summed E-state index contributed by atoms with van der Waals surface area (Å²) in [5.74, 6) is 0. The molecule has 0 fully saturated rings. The second kappa shape index (κ2) is 32.0. The fourth-order valence-corrected chi connectivity index (χ4v) is 12.5. The standard InChI is InChI=1S/C93H77N7/c1-5-7-16-32-72(3)95(77-36-20-10-21-37-77)83-56-60-89(61-57-83)99(90-62-58-84(59-63-90)96(73(4)33-17-8-6-2)78-38-22-11-23-39-78)85-52-48-74(49-53-85)93(94-76-34-18-9-19-35-76)75-50-54-86(55-51-75)100(91-68-64-87(65-69-91)97(79-40-24-12-25-41-79)80-42-26-13-27-43-80)92-70-66-88(67-71-92)98(81-44-28-14-29-45-81)82-46-30-15-31-47-82/h5-71H,1-2H2,3-4H3/b16-7-,17-8-,72-32+,73-33+,94-93?. The molecule has 0 aliphatic rings. The average molecular weight is 1290 g/mol. The zero-order chi connectivity index (χ0) is 68.2. The van der Waals surface area contributed by atoms with Crippen LogP contribution in [-0.2, 0) is 0 Å². The maximum absolute atomic E-state index is 5.45. The van der Waals surface area contributed by atoms with E-state index in [9.17, 15) is 0 Å². The molecule has 13 aromatic rings. The van der Waals surface area contributed by atoms with E-state index in [-0.39, 0.29) is 0 Å². The molecule has 13 aromatic carbocycles. The van der Waals surface area contributed by atoms with Gasteiger partial charge in [0.2, 0.25) is 0 Å². The summed E-state index contributed by atoms with van der Waals surface area (Å²) in [7, 11) is 0. The first-order valence-corrected chi connectivity index (χ1v) is 33.7. The third kappa shape index (κ3) is 15.4. The van der Waals surface area contributed by atoms with Crippen LogP contribution in [0.25, 0.3) is 0 Å². The Morgan fingerprint density at radius 3 is 0.660 bits per heavy atom. The van der Waals surface area contributed by atoms with Crippen LogP contribution in [0.4, 0.5) is 96.7 Å². The minimum Gasteiger partial charge on any atom is -0.315 e. The highest BCUT2D eigenvalue weighted by atomic mass is 15.2. The number of hydrogen-bond donors (Lipinski definition) is 0. The normalized spacial score (nSPS) is 11.7. The summed E-state index contributed by atoms with van der Waals surface area (Å²) in [6.45, 7) is 12.1. The molecule has 7 heteroatoms. The lowest BCUT2D eigenvalue weighted by Crippen LogP contribution is -2.16.